The van der Waals surface area contributed by atoms with Crippen molar-refractivity contribution in [2.24, 2.45) is 5.73 Å². The van der Waals surface area contributed by atoms with E-state index in [9.17, 15) is 18.0 Å². The Kier molecular flexibility index (Phi) is 6.55. The highest BCUT2D eigenvalue weighted by Crippen LogP contribution is 2.30. The standard InChI is InChI=1S/C14H14F3N3OS.ClH/c1-8(9-3-2-4-10(5-9)14(15,16)17)19-13(21)11-7-22-12(6-18)20-11;/h2-5,7-8H,6,18H2,1H3,(H,19,21);1H. The van der Waals surface area contributed by atoms with Gasteiger partial charge in [-0.3, -0.25) is 4.79 Å². The van der Waals surface area contributed by atoms with E-state index in [0.717, 1.165) is 12.1 Å². The molecule has 0 aliphatic carbocycles. The zero-order valence-corrected chi connectivity index (χ0v) is 13.7. The van der Waals surface area contributed by atoms with Gasteiger partial charge in [0, 0.05) is 11.9 Å². The first-order valence-corrected chi connectivity index (χ1v) is 7.31. The van der Waals surface area contributed by atoms with Gasteiger partial charge in [0.25, 0.3) is 5.91 Å². The lowest BCUT2D eigenvalue weighted by atomic mass is 10.0. The van der Waals surface area contributed by atoms with Gasteiger partial charge in [0.1, 0.15) is 10.7 Å². The maximum Gasteiger partial charge on any atom is 0.416 e. The average Bonchev–Trinajstić information content (AvgIpc) is 2.95. The SMILES string of the molecule is CC(NC(=O)c1csc(CN)n1)c1cccc(C(F)(F)F)c1.Cl. The highest BCUT2D eigenvalue weighted by Gasteiger charge is 2.30. The van der Waals surface area contributed by atoms with Crippen LogP contribution in [0, 0.1) is 0 Å². The van der Waals surface area contributed by atoms with E-state index in [0.29, 0.717) is 10.6 Å². The fraction of sp³-hybridized carbons (Fsp3) is 0.286. The third-order valence-corrected chi connectivity index (χ3v) is 3.89. The summed E-state index contributed by atoms with van der Waals surface area (Å²) in [5.74, 6) is -0.444. The summed E-state index contributed by atoms with van der Waals surface area (Å²) in [6, 6.07) is 4.30. The number of benzene rings is 1. The van der Waals surface area contributed by atoms with Gasteiger partial charge in [0.05, 0.1) is 11.6 Å². The number of nitrogens with two attached hydrogens (primary N) is 1. The molecule has 0 aliphatic rings. The molecule has 1 amide bonds. The molecule has 1 atom stereocenters. The molecule has 23 heavy (non-hydrogen) atoms. The molecule has 9 heteroatoms. The maximum absolute atomic E-state index is 12.7. The number of hydrogen-bond donors (Lipinski definition) is 2. The number of nitrogens with zero attached hydrogens (tertiary/aromatic N) is 1. The predicted octanol–water partition coefficient (Wildman–Crippen LogP) is 3.53. The van der Waals surface area contributed by atoms with E-state index in [4.69, 9.17) is 5.73 Å². The molecular formula is C14H15ClF3N3OS. The van der Waals surface area contributed by atoms with E-state index < -0.39 is 23.7 Å². The number of nitrogens with one attached hydrogen (secondary N) is 1. The van der Waals surface area contributed by atoms with Gasteiger partial charge in [-0.15, -0.1) is 23.7 Å². The largest absolute Gasteiger partial charge is 0.416 e. The minimum atomic E-state index is -4.41. The monoisotopic (exact) mass is 365 g/mol. The minimum Gasteiger partial charge on any atom is -0.344 e. The fourth-order valence-electron chi connectivity index (χ4n) is 1.85. The molecule has 0 saturated heterocycles. The topological polar surface area (TPSA) is 68.0 Å². The summed E-state index contributed by atoms with van der Waals surface area (Å²) in [5.41, 5.74) is 5.26. The van der Waals surface area contributed by atoms with E-state index >= 15 is 0 Å². The molecule has 0 bridgehead atoms. The van der Waals surface area contributed by atoms with Crippen LogP contribution in [0.1, 0.15) is 39.6 Å². The van der Waals surface area contributed by atoms with Crippen LogP contribution in [0.25, 0.3) is 0 Å². The minimum absolute atomic E-state index is 0. The van der Waals surface area contributed by atoms with Crippen molar-refractivity contribution in [2.45, 2.75) is 25.7 Å². The van der Waals surface area contributed by atoms with Crippen LogP contribution in [0.5, 0.6) is 0 Å². The normalized spacial score (nSPS) is 12.4. The lowest BCUT2D eigenvalue weighted by molar-refractivity contribution is -0.137. The molecule has 0 spiro atoms. The van der Waals surface area contributed by atoms with Gasteiger partial charge >= 0.3 is 6.18 Å². The van der Waals surface area contributed by atoms with Crippen molar-refractivity contribution in [3.05, 3.63) is 51.5 Å². The van der Waals surface area contributed by atoms with E-state index in [2.05, 4.69) is 10.3 Å². The van der Waals surface area contributed by atoms with Gasteiger partial charge < -0.3 is 11.1 Å². The van der Waals surface area contributed by atoms with Crippen LogP contribution in [-0.4, -0.2) is 10.9 Å². The summed E-state index contributed by atoms with van der Waals surface area (Å²) in [7, 11) is 0. The van der Waals surface area contributed by atoms with Gasteiger partial charge in [-0.2, -0.15) is 13.2 Å². The van der Waals surface area contributed by atoms with E-state index in [1.807, 2.05) is 0 Å². The molecule has 1 aromatic carbocycles. The van der Waals surface area contributed by atoms with Crippen LogP contribution < -0.4 is 11.1 Å². The third-order valence-electron chi connectivity index (χ3n) is 3.02. The Morgan fingerprint density at radius 2 is 2.13 bits per heavy atom. The number of halogens is 4. The molecule has 0 radical (unpaired) electrons. The Morgan fingerprint density at radius 1 is 1.43 bits per heavy atom. The summed E-state index contributed by atoms with van der Waals surface area (Å²) < 4.78 is 38.1. The van der Waals surface area contributed by atoms with Crippen molar-refractivity contribution >= 4 is 29.7 Å². The molecule has 126 valence electrons. The van der Waals surface area contributed by atoms with Crippen molar-refractivity contribution in [1.29, 1.82) is 0 Å². The Hall–Kier alpha value is -1.64. The van der Waals surface area contributed by atoms with E-state index in [-0.39, 0.29) is 24.6 Å². The highest BCUT2D eigenvalue weighted by atomic mass is 35.5. The first-order chi connectivity index (χ1) is 10.3. The number of carbonyl (C=O) groups excluding carboxylic acids is 1. The number of thiazole rings is 1. The zero-order valence-electron chi connectivity index (χ0n) is 12.1. The van der Waals surface area contributed by atoms with Gasteiger partial charge in [-0.05, 0) is 24.6 Å². The molecule has 1 aromatic heterocycles. The number of rotatable bonds is 4. The zero-order chi connectivity index (χ0) is 16.3. The molecule has 1 heterocycles. The van der Waals surface area contributed by atoms with E-state index in [1.54, 1.807) is 12.3 Å². The molecule has 0 fully saturated rings. The second kappa shape index (κ2) is 7.76. The maximum atomic E-state index is 12.7. The lowest BCUT2D eigenvalue weighted by Crippen LogP contribution is -2.27. The smallest absolute Gasteiger partial charge is 0.344 e. The molecule has 1 unspecified atom stereocenters. The summed E-state index contributed by atoms with van der Waals surface area (Å²) >= 11 is 1.26. The third kappa shape index (κ3) is 4.92. The summed E-state index contributed by atoms with van der Waals surface area (Å²) in [5, 5.41) is 4.81. The number of alkyl halides is 3. The molecule has 0 aliphatic heterocycles. The van der Waals surface area contributed by atoms with Crippen LogP contribution in [0.15, 0.2) is 29.6 Å². The molecule has 0 saturated carbocycles. The first-order valence-electron chi connectivity index (χ1n) is 6.43. The van der Waals surface area contributed by atoms with Gasteiger partial charge in [0.15, 0.2) is 0 Å². The molecule has 2 rings (SSSR count). The lowest BCUT2D eigenvalue weighted by Gasteiger charge is -2.15. The average molecular weight is 366 g/mol. The number of aromatic nitrogens is 1. The van der Waals surface area contributed by atoms with Gasteiger partial charge in [-0.25, -0.2) is 4.98 Å². The van der Waals surface area contributed by atoms with Crippen molar-refractivity contribution in [3.8, 4) is 0 Å². The molecule has 2 aromatic rings. The summed E-state index contributed by atoms with van der Waals surface area (Å²) in [6.45, 7) is 1.85. The van der Waals surface area contributed by atoms with Crippen molar-refractivity contribution < 1.29 is 18.0 Å². The number of carbonyl (C=O) groups is 1. The molecule has 4 nitrogen and oxygen atoms in total. The van der Waals surface area contributed by atoms with Crippen molar-refractivity contribution in [2.75, 3.05) is 0 Å². The number of hydrogen-bond acceptors (Lipinski definition) is 4. The summed E-state index contributed by atoms with van der Waals surface area (Å²) in [6.07, 6.45) is -4.41. The number of amides is 1. The first kappa shape index (κ1) is 19.4. The van der Waals surface area contributed by atoms with Crippen LogP contribution in [0.3, 0.4) is 0 Å². The highest BCUT2D eigenvalue weighted by molar-refractivity contribution is 7.09. The predicted molar refractivity (Wildman–Crippen MR) is 84.6 cm³/mol. The van der Waals surface area contributed by atoms with Crippen molar-refractivity contribution in [1.82, 2.24) is 10.3 Å². The van der Waals surface area contributed by atoms with E-state index in [1.165, 1.54) is 23.5 Å². The molecule has 3 N–H and O–H groups in total. The van der Waals surface area contributed by atoms with Gasteiger partial charge in [-0.1, -0.05) is 12.1 Å². The Bertz CT molecular complexity index is 675. The van der Waals surface area contributed by atoms with Crippen LogP contribution >= 0.6 is 23.7 Å². The second-order valence-electron chi connectivity index (χ2n) is 4.65. The van der Waals surface area contributed by atoms with Crippen LogP contribution in [0.4, 0.5) is 13.2 Å². The quantitative estimate of drug-likeness (QED) is 0.870. The van der Waals surface area contributed by atoms with Crippen LogP contribution in [0.2, 0.25) is 0 Å². The Balaban J connectivity index is 0.00000264. The van der Waals surface area contributed by atoms with Gasteiger partial charge in [0.2, 0.25) is 0 Å². The Labute approximate surface area is 141 Å². The van der Waals surface area contributed by atoms with Crippen molar-refractivity contribution in [3.63, 3.8) is 0 Å². The van der Waals surface area contributed by atoms with Crippen LogP contribution in [-0.2, 0) is 12.7 Å². The molecular weight excluding hydrogens is 351 g/mol. The summed E-state index contributed by atoms with van der Waals surface area (Å²) in [4.78, 5) is 16.0. The fourth-order valence-corrected chi connectivity index (χ4v) is 2.50. The Morgan fingerprint density at radius 3 is 2.70 bits per heavy atom. The second-order valence-corrected chi connectivity index (χ2v) is 5.59.